The van der Waals surface area contributed by atoms with Gasteiger partial charge in [0.2, 0.25) is 15.9 Å². The minimum atomic E-state index is -3.76. The van der Waals surface area contributed by atoms with Crippen molar-refractivity contribution in [1.29, 1.82) is 0 Å². The molecule has 0 saturated carbocycles. The van der Waals surface area contributed by atoms with Crippen LogP contribution in [0.5, 0.6) is 0 Å². The van der Waals surface area contributed by atoms with Crippen LogP contribution in [-0.2, 0) is 29.6 Å². The van der Waals surface area contributed by atoms with E-state index in [4.69, 9.17) is 4.74 Å². The molecule has 0 spiro atoms. The van der Waals surface area contributed by atoms with E-state index in [1.807, 2.05) is 0 Å². The zero-order valence-electron chi connectivity index (χ0n) is 15.2. The smallest absolute Gasteiger partial charge is 0.262 e. The molecular weight excluding hydrogens is 412 g/mol. The summed E-state index contributed by atoms with van der Waals surface area (Å²) in [6.45, 7) is 1.99. The molecule has 14 heteroatoms. The van der Waals surface area contributed by atoms with Crippen LogP contribution >= 0.6 is 0 Å². The second-order valence-corrected chi connectivity index (χ2v) is 10.2. The van der Waals surface area contributed by atoms with Crippen molar-refractivity contribution in [2.75, 3.05) is 57.5 Å². The van der Waals surface area contributed by atoms with Crippen LogP contribution in [0.3, 0.4) is 0 Å². The number of carbonyl (C=O) groups is 1. The average Bonchev–Trinajstić information content (AvgIpc) is 2.68. The van der Waals surface area contributed by atoms with E-state index in [0.29, 0.717) is 26.2 Å². The van der Waals surface area contributed by atoms with E-state index in [2.05, 4.69) is 20.8 Å². The van der Waals surface area contributed by atoms with E-state index in [-0.39, 0.29) is 30.6 Å². The first-order valence-electron chi connectivity index (χ1n) is 8.59. The fraction of sp³-hybridized carbons (Fsp3) is 0.643. The molecule has 12 nitrogen and oxygen atoms in total. The Bertz CT molecular complexity index is 914. The predicted octanol–water partition coefficient (Wildman–Crippen LogP) is -2.33. The number of rotatable bonds is 5. The molecule has 2 aliphatic heterocycles. The topological polar surface area (TPSA) is 151 Å². The van der Waals surface area contributed by atoms with Gasteiger partial charge in [0.05, 0.1) is 19.5 Å². The van der Waals surface area contributed by atoms with Crippen LogP contribution in [0.1, 0.15) is 0 Å². The largest absolute Gasteiger partial charge is 0.378 e. The lowest BCUT2D eigenvalue weighted by Gasteiger charge is -2.32. The van der Waals surface area contributed by atoms with Crippen LogP contribution in [0.15, 0.2) is 17.2 Å². The third-order valence-electron chi connectivity index (χ3n) is 4.38. The van der Waals surface area contributed by atoms with Gasteiger partial charge in [-0.1, -0.05) is 0 Å². The van der Waals surface area contributed by atoms with Gasteiger partial charge in [-0.05, 0) is 12.1 Å². The van der Waals surface area contributed by atoms with Crippen LogP contribution < -0.4 is 10.6 Å². The number of nitrogens with zero attached hydrogens (tertiary/aromatic N) is 4. The van der Waals surface area contributed by atoms with Crippen molar-refractivity contribution >= 4 is 31.8 Å². The van der Waals surface area contributed by atoms with Gasteiger partial charge in [-0.2, -0.15) is 8.61 Å². The Morgan fingerprint density at radius 1 is 1.18 bits per heavy atom. The van der Waals surface area contributed by atoms with Crippen LogP contribution in [0.4, 0.5) is 5.82 Å². The van der Waals surface area contributed by atoms with Gasteiger partial charge in [-0.15, -0.1) is 10.2 Å². The number of ether oxygens (including phenoxy) is 1. The van der Waals surface area contributed by atoms with Gasteiger partial charge in [0, 0.05) is 32.7 Å². The molecule has 28 heavy (non-hydrogen) atoms. The highest BCUT2D eigenvalue weighted by Gasteiger charge is 2.35. The SMILES string of the molecule is CS(=O)(=O)N1CCOCC1C(=O)Nc1ccc(S(=O)(=O)N2CCNCC2)nn1. The molecule has 2 aliphatic rings. The van der Waals surface area contributed by atoms with E-state index in [9.17, 15) is 21.6 Å². The third-order valence-corrected chi connectivity index (χ3v) is 7.46. The molecule has 0 radical (unpaired) electrons. The quantitative estimate of drug-likeness (QED) is 0.520. The van der Waals surface area contributed by atoms with Crippen molar-refractivity contribution in [3.8, 4) is 0 Å². The summed E-state index contributed by atoms with van der Waals surface area (Å²) >= 11 is 0. The number of nitrogens with one attached hydrogen (secondary N) is 2. The summed E-state index contributed by atoms with van der Waals surface area (Å²) in [4.78, 5) is 12.5. The summed E-state index contributed by atoms with van der Waals surface area (Å²) in [7, 11) is -7.34. The van der Waals surface area contributed by atoms with Gasteiger partial charge in [-0.3, -0.25) is 4.79 Å². The molecule has 2 saturated heterocycles. The van der Waals surface area contributed by atoms with E-state index < -0.39 is 32.0 Å². The Morgan fingerprint density at radius 2 is 1.89 bits per heavy atom. The summed E-state index contributed by atoms with van der Waals surface area (Å²) in [5, 5.41) is 12.8. The second-order valence-electron chi connectivity index (χ2n) is 6.36. The molecule has 1 aromatic rings. The van der Waals surface area contributed by atoms with Crippen molar-refractivity contribution in [1.82, 2.24) is 24.1 Å². The van der Waals surface area contributed by atoms with Gasteiger partial charge in [0.25, 0.3) is 10.0 Å². The number of hydrogen-bond donors (Lipinski definition) is 2. The Kier molecular flexibility index (Phi) is 6.26. The number of piperazine rings is 1. The number of aromatic nitrogens is 2. The van der Waals surface area contributed by atoms with Gasteiger partial charge in [0.15, 0.2) is 10.8 Å². The molecule has 0 bridgehead atoms. The third kappa shape index (κ3) is 4.64. The first-order valence-corrected chi connectivity index (χ1v) is 11.9. The molecule has 1 atom stereocenters. The lowest BCUT2D eigenvalue weighted by atomic mass is 10.2. The molecule has 3 rings (SSSR count). The predicted molar refractivity (Wildman–Crippen MR) is 98.4 cm³/mol. The molecule has 0 aliphatic carbocycles. The Hall–Kier alpha value is -1.71. The number of hydrogen-bond acceptors (Lipinski definition) is 9. The standard InChI is InChI=1S/C14H22N6O6S2/c1-27(22,23)20-8-9-26-10-11(20)14(21)16-12-2-3-13(18-17-12)28(24,25)19-6-4-15-5-7-19/h2-3,11,15H,4-10H2,1H3,(H,16,17,21). The summed E-state index contributed by atoms with van der Waals surface area (Å²) in [6, 6.07) is 1.54. The lowest BCUT2D eigenvalue weighted by molar-refractivity contribution is -0.123. The van der Waals surface area contributed by atoms with Gasteiger partial charge >= 0.3 is 0 Å². The van der Waals surface area contributed by atoms with Crippen molar-refractivity contribution in [2.24, 2.45) is 0 Å². The van der Waals surface area contributed by atoms with Crippen LogP contribution in [0.25, 0.3) is 0 Å². The fourth-order valence-corrected chi connectivity index (χ4v) is 5.28. The molecule has 1 amide bonds. The maximum absolute atomic E-state index is 12.5. The number of anilines is 1. The fourth-order valence-electron chi connectivity index (χ4n) is 2.94. The van der Waals surface area contributed by atoms with Gasteiger partial charge < -0.3 is 15.4 Å². The van der Waals surface area contributed by atoms with Crippen molar-refractivity contribution in [2.45, 2.75) is 11.1 Å². The molecule has 156 valence electrons. The minimum Gasteiger partial charge on any atom is -0.378 e. The highest BCUT2D eigenvalue weighted by Crippen LogP contribution is 2.16. The van der Waals surface area contributed by atoms with Gasteiger partial charge in [0.1, 0.15) is 6.04 Å². The summed E-state index contributed by atoms with van der Waals surface area (Å²) in [5.41, 5.74) is 0. The van der Waals surface area contributed by atoms with E-state index >= 15 is 0 Å². The van der Waals surface area contributed by atoms with Gasteiger partial charge in [-0.25, -0.2) is 16.8 Å². The minimum absolute atomic E-state index is 0.0169. The van der Waals surface area contributed by atoms with Crippen LogP contribution in [-0.4, -0.2) is 99.8 Å². The van der Waals surface area contributed by atoms with Crippen LogP contribution in [0, 0.1) is 0 Å². The Balaban J connectivity index is 1.70. The lowest BCUT2D eigenvalue weighted by Crippen LogP contribution is -2.53. The van der Waals surface area contributed by atoms with E-state index in [1.165, 1.54) is 16.4 Å². The highest BCUT2D eigenvalue weighted by molar-refractivity contribution is 7.89. The maximum atomic E-state index is 12.5. The number of sulfonamides is 2. The molecule has 1 unspecified atom stereocenters. The van der Waals surface area contributed by atoms with E-state index in [1.54, 1.807) is 0 Å². The summed E-state index contributed by atoms with van der Waals surface area (Å²) in [5.74, 6) is -0.611. The van der Waals surface area contributed by atoms with Crippen molar-refractivity contribution in [3.05, 3.63) is 12.1 Å². The number of carbonyl (C=O) groups excluding carboxylic acids is 1. The van der Waals surface area contributed by atoms with Crippen molar-refractivity contribution < 1.29 is 26.4 Å². The first-order chi connectivity index (χ1) is 13.2. The zero-order chi connectivity index (χ0) is 20.4. The molecule has 3 heterocycles. The average molecular weight is 435 g/mol. The Morgan fingerprint density at radius 3 is 2.50 bits per heavy atom. The second kappa shape index (κ2) is 8.34. The normalized spacial score (nSPS) is 22.7. The molecule has 1 aromatic heterocycles. The van der Waals surface area contributed by atoms with E-state index in [0.717, 1.165) is 10.6 Å². The molecule has 0 aromatic carbocycles. The first kappa shape index (κ1) is 21.0. The number of morpholine rings is 1. The highest BCUT2D eigenvalue weighted by atomic mass is 32.2. The summed E-state index contributed by atoms with van der Waals surface area (Å²) < 4.78 is 56.3. The molecule has 2 fully saturated rings. The Labute approximate surface area is 163 Å². The molecular formula is C14H22N6O6S2. The monoisotopic (exact) mass is 434 g/mol. The maximum Gasteiger partial charge on any atom is 0.262 e. The van der Waals surface area contributed by atoms with Crippen LogP contribution in [0.2, 0.25) is 0 Å². The zero-order valence-corrected chi connectivity index (χ0v) is 16.9. The number of amides is 1. The molecule has 2 N–H and O–H groups in total. The van der Waals surface area contributed by atoms with Crippen molar-refractivity contribution in [3.63, 3.8) is 0 Å². The summed E-state index contributed by atoms with van der Waals surface area (Å²) in [6.07, 6.45) is 1.02.